The number of nitrogens with one attached hydrogen (secondary N) is 1. The predicted molar refractivity (Wildman–Crippen MR) is 101 cm³/mol. The fourth-order valence-electron chi connectivity index (χ4n) is 2.94. The van der Waals surface area contributed by atoms with Crippen LogP contribution in [-0.2, 0) is 19.6 Å². The first-order chi connectivity index (χ1) is 12.1. The average Bonchev–Trinajstić information content (AvgIpc) is 2.98. The minimum absolute atomic E-state index is 0.0424. The van der Waals surface area contributed by atoms with Crippen molar-refractivity contribution in [3.05, 3.63) is 59.3 Å². The van der Waals surface area contributed by atoms with Crippen molar-refractivity contribution in [2.24, 2.45) is 0 Å². The summed E-state index contributed by atoms with van der Waals surface area (Å²) in [5.41, 5.74) is 3.94. The zero-order chi connectivity index (χ0) is 17.6. The molecule has 1 aliphatic heterocycles. The fourth-order valence-corrected chi connectivity index (χ4v) is 3.67. The number of hydrogen-bond acceptors (Lipinski definition) is 4. The molecule has 25 heavy (non-hydrogen) atoms. The van der Waals surface area contributed by atoms with Gasteiger partial charge in [-0.25, -0.2) is 9.78 Å². The Morgan fingerprint density at radius 3 is 2.92 bits per heavy atom. The van der Waals surface area contributed by atoms with E-state index in [1.165, 1.54) is 16.7 Å². The molecular formula is C19H24N4OS. The number of nitrogens with zero attached hydrogens (tertiary/aromatic N) is 3. The van der Waals surface area contributed by atoms with Gasteiger partial charge < -0.3 is 10.2 Å². The van der Waals surface area contributed by atoms with Crippen LogP contribution < -0.4 is 5.32 Å². The highest BCUT2D eigenvalue weighted by atomic mass is 32.2. The Balaban J connectivity index is 1.43. The van der Waals surface area contributed by atoms with Crippen molar-refractivity contribution in [1.29, 1.82) is 0 Å². The molecule has 2 amide bonds. The Morgan fingerprint density at radius 1 is 1.28 bits per heavy atom. The summed E-state index contributed by atoms with van der Waals surface area (Å²) in [5, 5.41) is 3.94. The first kappa shape index (κ1) is 17.8. The second-order valence-electron chi connectivity index (χ2n) is 6.38. The standard InChI is InChI=1S/C19H24N4OS/c1-22-13-16-7-6-15(11-17(16)14-22)12-23(2)19(24)21-9-10-25-18-5-3-4-8-20-18/h3-8,11H,9-10,12-14H2,1-2H3,(H,21,24). The van der Waals surface area contributed by atoms with Crippen molar-refractivity contribution in [1.82, 2.24) is 20.1 Å². The predicted octanol–water partition coefficient (Wildman–Crippen LogP) is 2.96. The molecule has 2 aromatic rings. The number of thioether (sulfide) groups is 1. The van der Waals surface area contributed by atoms with Gasteiger partial charge in [-0.2, -0.15) is 0 Å². The molecule has 6 heteroatoms. The van der Waals surface area contributed by atoms with Gasteiger partial charge in [0.25, 0.3) is 0 Å². The molecule has 0 fully saturated rings. The highest BCUT2D eigenvalue weighted by Crippen LogP contribution is 2.22. The number of carbonyl (C=O) groups excluding carboxylic acids is 1. The van der Waals surface area contributed by atoms with E-state index in [0.29, 0.717) is 13.1 Å². The number of carbonyl (C=O) groups is 1. The summed E-state index contributed by atoms with van der Waals surface area (Å²) in [5.74, 6) is 0.807. The molecule has 0 aliphatic carbocycles. The molecule has 1 N–H and O–H groups in total. The zero-order valence-corrected chi connectivity index (χ0v) is 15.6. The first-order valence-electron chi connectivity index (χ1n) is 8.44. The van der Waals surface area contributed by atoms with Crippen LogP contribution in [0.1, 0.15) is 16.7 Å². The van der Waals surface area contributed by atoms with Gasteiger partial charge in [0.05, 0.1) is 5.03 Å². The number of aromatic nitrogens is 1. The average molecular weight is 356 g/mol. The molecule has 0 atom stereocenters. The third-order valence-corrected chi connectivity index (χ3v) is 5.13. The number of fused-ring (bicyclic) bond motifs is 1. The van der Waals surface area contributed by atoms with Gasteiger partial charge in [0.1, 0.15) is 0 Å². The molecule has 1 aliphatic rings. The molecule has 0 bridgehead atoms. The molecule has 5 nitrogen and oxygen atoms in total. The van der Waals surface area contributed by atoms with Gasteiger partial charge in [0, 0.05) is 45.2 Å². The maximum absolute atomic E-state index is 12.2. The number of rotatable bonds is 6. The van der Waals surface area contributed by atoms with Crippen molar-refractivity contribution < 1.29 is 4.79 Å². The lowest BCUT2D eigenvalue weighted by Gasteiger charge is -2.18. The van der Waals surface area contributed by atoms with Gasteiger partial charge in [-0.3, -0.25) is 4.90 Å². The normalized spacial score (nSPS) is 13.5. The van der Waals surface area contributed by atoms with E-state index in [0.717, 1.165) is 23.9 Å². The zero-order valence-electron chi connectivity index (χ0n) is 14.7. The summed E-state index contributed by atoms with van der Waals surface area (Å²) >= 11 is 1.64. The summed E-state index contributed by atoms with van der Waals surface area (Å²) < 4.78 is 0. The third-order valence-electron chi connectivity index (χ3n) is 4.18. The van der Waals surface area contributed by atoms with Crippen LogP contribution in [0.4, 0.5) is 4.79 Å². The van der Waals surface area contributed by atoms with E-state index in [-0.39, 0.29) is 6.03 Å². The van der Waals surface area contributed by atoms with Crippen LogP contribution in [0.5, 0.6) is 0 Å². The van der Waals surface area contributed by atoms with E-state index >= 15 is 0 Å². The Morgan fingerprint density at radius 2 is 2.12 bits per heavy atom. The summed E-state index contributed by atoms with van der Waals surface area (Å²) in [7, 11) is 3.96. The van der Waals surface area contributed by atoms with Crippen LogP contribution in [0.2, 0.25) is 0 Å². The fraction of sp³-hybridized carbons (Fsp3) is 0.368. The summed E-state index contributed by atoms with van der Waals surface area (Å²) in [4.78, 5) is 20.5. The molecule has 0 saturated heterocycles. The minimum Gasteiger partial charge on any atom is -0.337 e. The summed E-state index contributed by atoms with van der Waals surface area (Å²) in [6.45, 7) is 3.25. The molecule has 0 unspecified atom stereocenters. The molecule has 3 rings (SSSR count). The van der Waals surface area contributed by atoms with Crippen molar-refractivity contribution in [3.63, 3.8) is 0 Å². The van der Waals surface area contributed by atoms with Crippen LogP contribution in [0.15, 0.2) is 47.6 Å². The van der Waals surface area contributed by atoms with E-state index in [4.69, 9.17) is 0 Å². The minimum atomic E-state index is -0.0424. The van der Waals surface area contributed by atoms with Gasteiger partial charge in [-0.1, -0.05) is 24.3 Å². The van der Waals surface area contributed by atoms with Crippen molar-refractivity contribution in [2.75, 3.05) is 26.4 Å². The number of hydrogen-bond donors (Lipinski definition) is 1. The molecule has 0 saturated carbocycles. The van der Waals surface area contributed by atoms with Crippen LogP contribution >= 0.6 is 11.8 Å². The van der Waals surface area contributed by atoms with Gasteiger partial charge >= 0.3 is 6.03 Å². The molecule has 132 valence electrons. The van der Waals surface area contributed by atoms with E-state index in [2.05, 4.69) is 40.4 Å². The lowest BCUT2D eigenvalue weighted by molar-refractivity contribution is 0.207. The number of urea groups is 1. The quantitative estimate of drug-likeness (QED) is 0.639. The maximum atomic E-state index is 12.2. The smallest absolute Gasteiger partial charge is 0.317 e. The number of amides is 2. The molecular weight excluding hydrogens is 332 g/mol. The maximum Gasteiger partial charge on any atom is 0.317 e. The first-order valence-corrected chi connectivity index (χ1v) is 9.42. The molecule has 0 spiro atoms. The van der Waals surface area contributed by atoms with Crippen LogP contribution in [-0.4, -0.2) is 47.2 Å². The highest BCUT2D eigenvalue weighted by molar-refractivity contribution is 7.99. The van der Waals surface area contributed by atoms with Gasteiger partial charge in [-0.05, 0) is 35.9 Å². The SMILES string of the molecule is CN1Cc2ccc(CN(C)C(=O)NCCSc3ccccn3)cc2C1. The lowest BCUT2D eigenvalue weighted by atomic mass is 10.1. The van der Waals surface area contributed by atoms with E-state index in [1.807, 2.05) is 25.2 Å². The Kier molecular flexibility index (Phi) is 5.94. The van der Waals surface area contributed by atoms with Crippen LogP contribution in [0, 0.1) is 0 Å². The van der Waals surface area contributed by atoms with Gasteiger partial charge in [0.15, 0.2) is 0 Å². The molecule has 0 radical (unpaired) electrons. The second-order valence-corrected chi connectivity index (χ2v) is 7.49. The Bertz CT molecular complexity index is 723. The number of benzene rings is 1. The summed E-state index contributed by atoms with van der Waals surface area (Å²) in [6, 6.07) is 12.3. The van der Waals surface area contributed by atoms with Crippen LogP contribution in [0.25, 0.3) is 0 Å². The second kappa shape index (κ2) is 8.36. The Hall–Kier alpha value is -2.05. The summed E-state index contributed by atoms with van der Waals surface area (Å²) in [6.07, 6.45) is 1.78. The topological polar surface area (TPSA) is 48.5 Å². The van der Waals surface area contributed by atoms with E-state index in [1.54, 1.807) is 22.9 Å². The van der Waals surface area contributed by atoms with Gasteiger partial charge in [0.2, 0.25) is 0 Å². The largest absolute Gasteiger partial charge is 0.337 e. The highest BCUT2D eigenvalue weighted by Gasteiger charge is 2.16. The Labute approximate surface area is 153 Å². The molecule has 2 heterocycles. The molecule has 1 aromatic heterocycles. The van der Waals surface area contributed by atoms with Crippen molar-refractivity contribution >= 4 is 17.8 Å². The monoisotopic (exact) mass is 356 g/mol. The molecule has 1 aromatic carbocycles. The third kappa shape index (κ3) is 4.96. The van der Waals surface area contributed by atoms with Gasteiger partial charge in [-0.15, -0.1) is 11.8 Å². The number of pyridine rings is 1. The van der Waals surface area contributed by atoms with E-state index in [9.17, 15) is 4.79 Å². The van der Waals surface area contributed by atoms with E-state index < -0.39 is 0 Å². The van der Waals surface area contributed by atoms with Crippen LogP contribution in [0.3, 0.4) is 0 Å². The van der Waals surface area contributed by atoms with Crippen molar-refractivity contribution in [2.45, 2.75) is 24.7 Å². The van der Waals surface area contributed by atoms with Crippen molar-refractivity contribution in [3.8, 4) is 0 Å². The lowest BCUT2D eigenvalue weighted by Crippen LogP contribution is -2.37.